The quantitative estimate of drug-likeness (QED) is 0.239. The Bertz CT molecular complexity index is 546. The van der Waals surface area contributed by atoms with E-state index >= 15 is 0 Å². The molecular weight excluding hydrogens is 370 g/mol. The first-order chi connectivity index (χ1) is 12.6. The van der Waals surface area contributed by atoms with E-state index in [2.05, 4.69) is 5.32 Å². The van der Waals surface area contributed by atoms with Gasteiger partial charge in [0, 0.05) is 6.92 Å². The highest BCUT2D eigenvalue weighted by atomic mass is 16.7. The Labute approximate surface area is 154 Å². The van der Waals surface area contributed by atoms with Crippen LogP contribution >= 0.6 is 0 Å². The van der Waals surface area contributed by atoms with Gasteiger partial charge in [0.15, 0.2) is 12.4 Å². The van der Waals surface area contributed by atoms with Crippen LogP contribution in [0.4, 0.5) is 0 Å². The lowest BCUT2D eigenvalue weighted by molar-refractivity contribution is -0.325. The normalized spacial score (nSPS) is 45.3. The maximum atomic E-state index is 11.5. The fourth-order valence-electron chi connectivity index (χ4n) is 3.20. The summed E-state index contributed by atoms with van der Waals surface area (Å²) in [6.45, 7) is 2.22. The van der Waals surface area contributed by atoms with Crippen molar-refractivity contribution in [3.63, 3.8) is 0 Å². The van der Waals surface area contributed by atoms with Gasteiger partial charge in [-0.2, -0.15) is 0 Å². The third kappa shape index (κ3) is 4.55. The van der Waals surface area contributed by atoms with Crippen LogP contribution in [0.1, 0.15) is 13.8 Å². The molecule has 2 rings (SSSR count). The minimum Gasteiger partial charge on any atom is -0.479 e. The predicted octanol–water partition coefficient (Wildman–Crippen LogP) is -4.09. The van der Waals surface area contributed by atoms with E-state index in [9.17, 15) is 35.1 Å². The van der Waals surface area contributed by atoms with Crippen molar-refractivity contribution in [2.45, 2.75) is 75.0 Å². The number of nitrogens with one attached hydrogen (secondary N) is 1. The number of aliphatic hydroxyl groups is 5. The minimum atomic E-state index is -1.90. The number of aliphatic carboxylic acids is 1. The molecule has 0 aromatic carbocycles. The fourth-order valence-corrected chi connectivity index (χ4v) is 3.20. The van der Waals surface area contributed by atoms with Crippen LogP contribution in [0.2, 0.25) is 0 Å². The predicted molar refractivity (Wildman–Crippen MR) is 84.2 cm³/mol. The molecule has 7 N–H and O–H groups in total. The number of aliphatic hydroxyl groups excluding tert-OH is 5. The van der Waals surface area contributed by atoms with Gasteiger partial charge in [-0.05, 0) is 6.92 Å². The molecule has 0 bridgehead atoms. The third-order valence-electron chi connectivity index (χ3n) is 4.62. The number of carboxylic acids is 1. The molecule has 2 saturated heterocycles. The van der Waals surface area contributed by atoms with Crippen molar-refractivity contribution in [1.29, 1.82) is 0 Å². The molecule has 2 aliphatic rings. The van der Waals surface area contributed by atoms with Crippen molar-refractivity contribution in [2.75, 3.05) is 6.61 Å². The highest BCUT2D eigenvalue weighted by molar-refractivity contribution is 5.73. The Morgan fingerprint density at radius 2 is 1.67 bits per heavy atom. The molecule has 12 heteroatoms. The summed E-state index contributed by atoms with van der Waals surface area (Å²) in [5.41, 5.74) is 0. The molecule has 0 aromatic heterocycles. The van der Waals surface area contributed by atoms with Crippen LogP contribution in [-0.2, 0) is 23.8 Å². The summed E-state index contributed by atoms with van der Waals surface area (Å²) < 4.78 is 16.0. The van der Waals surface area contributed by atoms with Gasteiger partial charge in [0.2, 0.25) is 5.91 Å². The number of carbonyl (C=O) groups is 2. The molecule has 2 heterocycles. The second-order valence-corrected chi connectivity index (χ2v) is 6.61. The van der Waals surface area contributed by atoms with Gasteiger partial charge in [0.05, 0.1) is 18.8 Å². The third-order valence-corrected chi connectivity index (χ3v) is 4.62. The SMILES string of the molecule is CC(=O)NC1C(C)OC(CO)[C@@H](O)C1O[C@@H]1OC(C(=O)O)[C@@H](O)C(O)C1O. The van der Waals surface area contributed by atoms with Crippen molar-refractivity contribution >= 4 is 11.9 Å². The van der Waals surface area contributed by atoms with Crippen LogP contribution in [-0.4, -0.2) is 110 Å². The second-order valence-electron chi connectivity index (χ2n) is 6.61. The molecule has 0 aliphatic carbocycles. The van der Waals surface area contributed by atoms with E-state index in [1.165, 1.54) is 6.92 Å². The van der Waals surface area contributed by atoms with E-state index < -0.39 is 79.6 Å². The zero-order valence-electron chi connectivity index (χ0n) is 14.7. The molecule has 1 amide bonds. The van der Waals surface area contributed by atoms with Crippen molar-refractivity contribution < 1.29 is 54.4 Å². The van der Waals surface area contributed by atoms with E-state index in [1.807, 2.05) is 0 Å². The summed E-state index contributed by atoms with van der Waals surface area (Å²) in [6.07, 6.45) is -13.7. The second kappa shape index (κ2) is 8.75. The van der Waals surface area contributed by atoms with Crippen LogP contribution in [0.5, 0.6) is 0 Å². The summed E-state index contributed by atoms with van der Waals surface area (Å²) in [7, 11) is 0. The average Bonchev–Trinajstić information content (AvgIpc) is 2.60. The Balaban J connectivity index is 2.25. The summed E-state index contributed by atoms with van der Waals surface area (Å²) in [5.74, 6) is -2.06. The Hall–Kier alpha value is -1.38. The van der Waals surface area contributed by atoms with E-state index in [0.717, 1.165) is 0 Å². The molecule has 156 valence electrons. The first kappa shape index (κ1) is 21.9. The Morgan fingerprint density at radius 3 is 2.19 bits per heavy atom. The first-order valence-corrected chi connectivity index (χ1v) is 8.37. The van der Waals surface area contributed by atoms with Crippen LogP contribution in [0.3, 0.4) is 0 Å². The van der Waals surface area contributed by atoms with Crippen molar-refractivity contribution in [1.82, 2.24) is 5.32 Å². The highest BCUT2D eigenvalue weighted by Crippen LogP contribution is 2.29. The van der Waals surface area contributed by atoms with Crippen molar-refractivity contribution in [2.24, 2.45) is 0 Å². The molecular formula is C15H25NO11. The van der Waals surface area contributed by atoms with E-state index in [1.54, 1.807) is 6.92 Å². The van der Waals surface area contributed by atoms with Crippen LogP contribution in [0.25, 0.3) is 0 Å². The van der Waals surface area contributed by atoms with Gasteiger partial charge in [0.25, 0.3) is 0 Å². The monoisotopic (exact) mass is 395 g/mol. The topological polar surface area (TPSA) is 195 Å². The molecule has 0 aromatic rings. The number of ether oxygens (including phenoxy) is 3. The Kier molecular flexibility index (Phi) is 7.10. The zero-order chi connectivity index (χ0) is 20.5. The Morgan fingerprint density at radius 1 is 1.04 bits per heavy atom. The van der Waals surface area contributed by atoms with Gasteiger partial charge in [-0.1, -0.05) is 0 Å². The number of hydrogen-bond donors (Lipinski definition) is 7. The van der Waals surface area contributed by atoms with Crippen molar-refractivity contribution in [3.05, 3.63) is 0 Å². The fraction of sp³-hybridized carbons (Fsp3) is 0.867. The first-order valence-electron chi connectivity index (χ1n) is 8.37. The molecule has 2 fully saturated rings. The molecule has 12 nitrogen and oxygen atoms in total. The molecule has 2 aliphatic heterocycles. The van der Waals surface area contributed by atoms with E-state index in [4.69, 9.17) is 19.3 Å². The van der Waals surface area contributed by atoms with E-state index in [0.29, 0.717) is 0 Å². The van der Waals surface area contributed by atoms with Crippen LogP contribution in [0, 0.1) is 0 Å². The van der Waals surface area contributed by atoms with Gasteiger partial charge < -0.3 is 50.2 Å². The maximum Gasteiger partial charge on any atom is 0.335 e. The van der Waals surface area contributed by atoms with Crippen molar-refractivity contribution in [3.8, 4) is 0 Å². The van der Waals surface area contributed by atoms with Gasteiger partial charge in [0.1, 0.15) is 36.6 Å². The largest absolute Gasteiger partial charge is 0.479 e. The maximum absolute atomic E-state index is 11.5. The lowest BCUT2D eigenvalue weighted by Crippen LogP contribution is -2.67. The summed E-state index contributed by atoms with van der Waals surface area (Å²) in [6, 6.07) is -0.927. The number of rotatable bonds is 5. The lowest BCUT2D eigenvalue weighted by Gasteiger charge is -2.46. The van der Waals surface area contributed by atoms with Gasteiger partial charge >= 0.3 is 5.97 Å². The lowest BCUT2D eigenvalue weighted by atomic mass is 9.92. The van der Waals surface area contributed by atoms with Gasteiger partial charge in [-0.15, -0.1) is 0 Å². The number of amides is 1. The summed E-state index contributed by atoms with van der Waals surface area (Å²) in [4.78, 5) is 22.7. The average molecular weight is 395 g/mol. The molecule has 7 unspecified atom stereocenters. The van der Waals surface area contributed by atoms with Crippen LogP contribution < -0.4 is 5.32 Å². The molecule has 0 spiro atoms. The number of hydrogen-bond acceptors (Lipinski definition) is 10. The smallest absolute Gasteiger partial charge is 0.335 e. The van der Waals surface area contributed by atoms with Crippen LogP contribution in [0.15, 0.2) is 0 Å². The van der Waals surface area contributed by atoms with Gasteiger partial charge in [-0.25, -0.2) is 4.79 Å². The number of carboxylic acid groups (broad SMARTS) is 1. The molecule has 10 atom stereocenters. The minimum absolute atomic E-state index is 0.470. The summed E-state index contributed by atoms with van der Waals surface area (Å²) in [5, 5.41) is 61.0. The number of carbonyl (C=O) groups excluding carboxylic acids is 1. The molecule has 0 saturated carbocycles. The van der Waals surface area contributed by atoms with Gasteiger partial charge in [-0.3, -0.25) is 4.79 Å². The highest BCUT2D eigenvalue weighted by Gasteiger charge is 2.51. The molecule has 0 radical (unpaired) electrons. The zero-order valence-corrected chi connectivity index (χ0v) is 14.7. The molecule has 27 heavy (non-hydrogen) atoms. The standard InChI is InChI=1S/C15H25NO11/c1-4-7(16-5(2)18)12(8(19)6(3-17)25-4)26-15-11(22)9(20)10(21)13(27-15)14(23)24/h4,6-13,15,17,19-22H,3H2,1-2H3,(H,16,18)(H,23,24)/t4?,6?,7?,8-,9?,10+,11?,12?,13?,15-/m1/s1. The van der Waals surface area contributed by atoms with E-state index in [-0.39, 0.29) is 0 Å². The summed E-state index contributed by atoms with van der Waals surface area (Å²) >= 11 is 0.